The van der Waals surface area contributed by atoms with Crippen LogP contribution in [0.25, 0.3) is 10.2 Å². The van der Waals surface area contributed by atoms with E-state index < -0.39 is 0 Å². The first-order valence-corrected chi connectivity index (χ1v) is 9.14. The smallest absolute Gasteiger partial charge is 0.262 e. The largest absolute Gasteiger partial charge is 0.298 e. The summed E-state index contributed by atoms with van der Waals surface area (Å²) in [6.07, 6.45) is 13.0. The molecule has 0 saturated heterocycles. The highest BCUT2D eigenvalue weighted by molar-refractivity contribution is 7.18. The molecule has 2 aliphatic carbocycles. The van der Waals surface area contributed by atoms with Crippen LogP contribution in [0.1, 0.15) is 55.4 Å². The van der Waals surface area contributed by atoms with Gasteiger partial charge in [-0.3, -0.25) is 9.36 Å². The van der Waals surface area contributed by atoms with Crippen LogP contribution in [0.5, 0.6) is 0 Å². The predicted octanol–water partition coefficient (Wildman–Crippen LogP) is 3.92. The molecule has 0 spiro atoms. The Kier molecular flexibility index (Phi) is 3.57. The van der Waals surface area contributed by atoms with Crippen LogP contribution < -0.4 is 5.56 Å². The Labute approximate surface area is 129 Å². The highest BCUT2D eigenvalue weighted by atomic mass is 32.1. The van der Waals surface area contributed by atoms with Crippen molar-refractivity contribution in [1.29, 1.82) is 0 Å². The van der Waals surface area contributed by atoms with Gasteiger partial charge in [-0.2, -0.15) is 0 Å². The van der Waals surface area contributed by atoms with Crippen molar-refractivity contribution >= 4 is 21.6 Å². The molecule has 0 radical (unpaired) electrons. The van der Waals surface area contributed by atoms with Crippen LogP contribution in [0.3, 0.4) is 0 Å². The van der Waals surface area contributed by atoms with Crippen LogP contribution >= 0.6 is 11.3 Å². The lowest BCUT2D eigenvalue weighted by Gasteiger charge is -2.22. The van der Waals surface area contributed by atoms with Gasteiger partial charge >= 0.3 is 0 Å². The monoisotopic (exact) mass is 302 g/mol. The molecular formula is C17H22N2OS. The first-order valence-electron chi connectivity index (χ1n) is 8.32. The molecule has 0 N–H and O–H groups in total. The van der Waals surface area contributed by atoms with Crippen molar-refractivity contribution in [1.82, 2.24) is 9.55 Å². The van der Waals surface area contributed by atoms with Crippen LogP contribution in [-0.4, -0.2) is 9.55 Å². The van der Waals surface area contributed by atoms with E-state index in [4.69, 9.17) is 0 Å². The molecule has 0 aromatic carbocycles. The summed E-state index contributed by atoms with van der Waals surface area (Å²) in [6, 6.07) is 0. The highest BCUT2D eigenvalue weighted by Crippen LogP contribution is 2.33. The summed E-state index contributed by atoms with van der Waals surface area (Å²) < 4.78 is 1.89. The Morgan fingerprint density at radius 1 is 1.14 bits per heavy atom. The van der Waals surface area contributed by atoms with E-state index in [1.807, 2.05) is 4.57 Å². The molecule has 112 valence electrons. The van der Waals surface area contributed by atoms with Crippen LogP contribution in [0.4, 0.5) is 0 Å². The Balaban J connectivity index is 1.73. The van der Waals surface area contributed by atoms with Gasteiger partial charge in [-0.05, 0) is 50.0 Å². The van der Waals surface area contributed by atoms with Gasteiger partial charge < -0.3 is 0 Å². The molecule has 2 heterocycles. The van der Waals surface area contributed by atoms with Gasteiger partial charge in [0.2, 0.25) is 0 Å². The van der Waals surface area contributed by atoms with Crippen molar-refractivity contribution in [2.75, 3.05) is 0 Å². The van der Waals surface area contributed by atoms with Crippen LogP contribution in [0.15, 0.2) is 11.1 Å². The third kappa shape index (κ3) is 2.44. The maximum absolute atomic E-state index is 12.9. The Morgan fingerprint density at radius 3 is 2.81 bits per heavy atom. The van der Waals surface area contributed by atoms with E-state index in [1.54, 1.807) is 17.7 Å². The summed E-state index contributed by atoms with van der Waals surface area (Å²) in [7, 11) is 0. The van der Waals surface area contributed by atoms with Gasteiger partial charge in [0, 0.05) is 11.4 Å². The highest BCUT2D eigenvalue weighted by Gasteiger charge is 2.21. The van der Waals surface area contributed by atoms with E-state index in [9.17, 15) is 4.79 Å². The Bertz CT molecular complexity index is 709. The standard InChI is InChI=1S/C17H22N2OS/c20-17-15-13-8-4-5-9-14(13)21-16(15)18-11-19(17)10-12-6-2-1-3-7-12/h11-12H,1-10H2. The van der Waals surface area contributed by atoms with Crippen LogP contribution in [0.2, 0.25) is 0 Å². The minimum Gasteiger partial charge on any atom is -0.298 e. The molecule has 1 fully saturated rings. The van der Waals surface area contributed by atoms with E-state index in [-0.39, 0.29) is 5.56 Å². The van der Waals surface area contributed by atoms with Crippen molar-refractivity contribution in [2.24, 2.45) is 5.92 Å². The Morgan fingerprint density at radius 2 is 1.95 bits per heavy atom. The molecule has 3 nitrogen and oxygen atoms in total. The van der Waals surface area contributed by atoms with Gasteiger partial charge in [0.25, 0.3) is 5.56 Å². The number of nitrogens with zero attached hydrogens (tertiary/aromatic N) is 2. The summed E-state index contributed by atoms with van der Waals surface area (Å²) >= 11 is 1.74. The lowest BCUT2D eigenvalue weighted by atomic mass is 9.89. The number of hydrogen-bond acceptors (Lipinski definition) is 3. The van der Waals surface area contributed by atoms with Crippen molar-refractivity contribution < 1.29 is 0 Å². The van der Waals surface area contributed by atoms with Crippen molar-refractivity contribution in [3.05, 3.63) is 27.1 Å². The maximum Gasteiger partial charge on any atom is 0.262 e. The second-order valence-corrected chi connectivity index (χ2v) is 7.68. The van der Waals surface area contributed by atoms with Gasteiger partial charge in [-0.15, -0.1) is 11.3 Å². The zero-order valence-electron chi connectivity index (χ0n) is 12.4. The third-order valence-corrected chi connectivity index (χ3v) is 6.32. The molecule has 21 heavy (non-hydrogen) atoms. The number of fused-ring (bicyclic) bond motifs is 3. The number of aromatic nitrogens is 2. The topological polar surface area (TPSA) is 34.9 Å². The van der Waals surface area contributed by atoms with Gasteiger partial charge in [-0.25, -0.2) is 4.98 Å². The van der Waals surface area contributed by atoms with Crippen LogP contribution in [0, 0.1) is 5.92 Å². The second-order valence-electron chi connectivity index (χ2n) is 6.60. The number of rotatable bonds is 2. The van der Waals surface area contributed by atoms with E-state index >= 15 is 0 Å². The van der Waals surface area contributed by atoms with E-state index in [1.165, 1.54) is 55.4 Å². The lowest BCUT2D eigenvalue weighted by Crippen LogP contribution is -2.25. The summed E-state index contributed by atoms with van der Waals surface area (Å²) in [5.41, 5.74) is 1.53. The molecule has 1 saturated carbocycles. The summed E-state index contributed by atoms with van der Waals surface area (Å²) in [6.45, 7) is 0.867. The third-order valence-electron chi connectivity index (χ3n) is 5.12. The van der Waals surface area contributed by atoms with Crippen molar-refractivity contribution in [3.8, 4) is 0 Å². The molecule has 0 amide bonds. The molecule has 2 aliphatic rings. The Hall–Kier alpha value is -1.16. The molecule has 0 aliphatic heterocycles. The fourth-order valence-corrected chi connectivity index (χ4v) is 5.18. The van der Waals surface area contributed by atoms with Gasteiger partial charge in [0.15, 0.2) is 0 Å². The lowest BCUT2D eigenvalue weighted by molar-refractivity contribution is 0.315. The normalized spacial score (nSPS) is 19.8. The minimum absolute atomic E-state index is 0.213. The van der Waals surface area contributed by atoms with E-state index in [2.05, 4.69) is 4.98 Å². The molecule has 4 rings (SSSR count). The molecule has 2 aromatic rings. The SMILES string of the molecule is O=c1c2c3c(sc2ncn1CC1CCCCC1)CCCC3. The van der Waals surface area contributed by atoms with Crippen molar-refractivity contribution in [3.63, 3.8) is 0 Å². The fourth-order valence-electron chi connectivity index (χ4n) is 3.96. The van der Waals surface area contributed by atoms with Gasteiger partial charge in [-0.1, -0.05) is 19.3 Å². The van der Waals surface area contributed by atoms with Gasteiger partial charge in [0.05, 0.1) is 11.7 Å². The van der Waals surface area contributed by atoms with E-state index in [0.717, 1.165) is 29.6 Å². The van der Waals surface area contributed by atoms with Crippen molar-refractivity contribution in [2.45, 2.75) is 64.3 Å². The number of hydrogen-bond donors (Lipinski definition) is 0. The minimum atomic E-state index is 0.213. The zero-order valence-corrected chi connectivity index (χ0v) is 13.3. The number of thiophene rings is 1. The zero-order chi connectivity index (χ0) is 14.2. The first kappa shape index (κ1) is 13.5. The predicted molar refractivity (Wildman–Crippen MR) is 87.1 cm³/mol. The average Bonchev–Trinajstić information content (AvgIpc) is 2.90. The van der Waals surface area contributed by atoms with Crippen LogP contribution in [-0.2, 0) is 19.4 Å². The molecule has 0 atom stereocenters. The number of aryl methyl sites for hydroxylation is 2. The quantitative estimate of drug-likeness (QED) is 0.843. The maximum atomic E-state index is 12.9. The summed E-state index contributed by atoms with van der Waals surface area (Å²) in [4.78, 5) is 19.8. The fraction of sp³-hybridized carbons (Fsp3) is 0.647. The average molecular weight is 302 g/mol. The molecule has 4 heteroatoms. The summed E-state index contributed by atoms with van der Waals surface area (Å²) in [5.74, 6) is 0.671. The van der Waals surface area contributed by atoms with E-state index in [0.29, 0.717) is 5.92 Å². The first-order chi connectivity index (χ1) is 10.3. The molecule has 0 unspecified atom stereocenters. The summed E-state index contributed by atoms with van der Waals surface area (Å²) in [5, 5.41) is 0.938. The second kappa shape index (κ2) is 5.56. The molecule has 0 bridgehead atoms. The molecular weight excluding hydrogens is 280 g/mol. The van der Waals surface area contributed by atoms with Gasteiger partial charge in [0.1, 0.15) is 4.83 Å². The molecule has 2 aromatic heterocycles.